The Morgan fingerprint density at radius 1 is 1.20 bits per heavy atom. The molecule has 6 nitrogen and oxygen atoms in total. The molecule has 0 aliphatic carbocycles. The first-order valence-corrected chi connectivity index (χ1v) is 10.1. The van der Waals surface area contributed by atoms with Crippen LogP contribution in [-0.2, 0) is 4.79 Å². The average Bonchev–Trinajstić information content (AvgIpc) is 3.28. The predicted molar refractivity (Wildman–Crippen MR) is 118 cm³/mol. The van der Waals surface area contributed by atoms with Crippen LogP contribution in [0.25, 0.3) is 17.4 Å². The van der Waals surface area contributed by atoms with E-state index in [0.717, 1.165) is 11.3 Å². The Bertz CT molecular complexity index is 1230. The normalized spacial score (nSPS) is 16.3. The summed E-state index contributed by atoms with van der Waals surface area (Å²) in [4.78, 5) is 28.3. The maximum Gasteiger partial charge on any atom is 0.337 e. The lowest BCUT2D eigenvalue weighted by atomic mass is 10.1. The van der Waals surface area contributed by atoms with E-state index in [-0.39, 0.29) is 16.5 Å². The van der Waals surface area contributed by atoms with Gasteiger partial charge in [-0.1, -0.05) is 29.8 Å². The van der Waals surface area contributed by atoms with Gasteiger partial charge in [0.05, 0.1) is 21.2 Å². The molecule has 0 unspecified atom stereocenters. The second-order valence-electron chi connectivity index (χ2n) is 6.52. The van der Waals surface area contributed by atoms with Crippen molar-refractivity contribution < 1.29 is 19.1 Å². The van der Waals surface area contributed by atoms with Gasteiger partial charge in [0.1, 0.15) is 11.5 Å². The lowest BCUT2D eigenvalue weighted by molar-refractivity contribution is -0.115. The third kappa shape index (κ3) is 4.32. The minimum atomic E-state index is -1.09. The lowest BCUT2D eigenvalue weighted by Crippen LogP contribution is -2.19. The molecule has 0 atom stereocenters. The molecule has 0 bridgehead atoms. The first kappa shape index (κ1) is 20.0. The van der Waals surface area contributed by atoms with E-state index < -0.39 is 5.97 Å². The molecule has 0 radical (unpaired) electrons. The molecule has 2 heterocycles. The number of carboxylic acid groups (broad SMARTS) is 1. The molecule has 150 valence electrons. The van der Waals surface area contributed by atoms with Crippen LogP contribution in [0.3, 0.4) is 0 Å². The van der Waals surface area contributed by atoms with Gasteiger partial charge >= 0.3 is 5.97 Å². The molecule has 4 rings (SSSR count). The summed E-state index contributed by atoms with van der Waals surface area (Å²) in [6.45, 7) is 1.98. The number of carbonyl (C=O) groups excluding carboxylic acids is 1. The highest BCUT2D eigenvalue weighted by molar-refractivity contribution is 8.18. The number of furan rings is 1. The summed E-state index contributed by atoms with van der Waals surface area (Å²) in [7, 11) is 0. The monoisotopic (exact) mass is 438 g/mol. The fraction of sp³-hybridized carbons (Fsp3) is 0.0455. The zero-order chi connectivity index (χ0) is 21.3. The number of carboxylic acids is 1. The van der Waals surface area contributed by atoms with Crippen LogP contribution < -0.4 is 5.32 Å². The van der Waals surface area contributed by atoms with Crippen molar-refractivity contribution in [3.05, 3.63) is 81.4 Å². The molecule has 1 aliphatic rings. The molecule has 0 saturated carbocycles. The Balaban J connectivity index is 1.55. The number of nitrogens with zero attached hydrogens (tertiary/aromatic N) is 1. The van der Waals surface area contributed by atoms with Crippen molar-refractivity contribution in [1.29, 1.82) is 0 Å². The van der Waals surface area contributed by atoms with Gasteiger partial charge in [0.2, 0.25) is 0 Å². The van der Waals surface area contributed by atoms with Crippen LogP contribution >= 0.6 is 23.4 Å². The van der Waals surface area contributed by atoms with Gasteiger partial charge in [-0.3, -0.25) is 4.79 Å². The number of amides is 1. The predicted octanol–water partition coefficient (Wildman–Crippen LogP) is 5.50. The van der Waals surface area contributed by atoms with Crippen molar-refractivity contribution in [2.24, 2.45) is 4.99 Å². The standard InChI is InChI=1S/C22H15ClN2O4S/c1-12-3-2-4-14(9-12)24-22-25-20(26)19(30-22)11-15-6-8-18(29-15)13-5-7-16(21(27)28)17(23)10-13/h2-11H,1H3,(H,27,28)(H,24,25,26)/b19-11-. The number of halogens is 1. The highest BCUT2D eigenvalue weighted by Gasteiger charge is 2.24. The zero-order valence-corrected chi connectivity index (χ0v) is 17.3. The molecule has 3 aromatic rings. The SMILES string of the molecule is Cc1cccc(N=C2NC(=O)/C(=C/c3ccc(-c4ccc(C(=O)O)c(Cl)c4)o3)S2)c1. The third-order valence-corrected chi connectivity index (χ3v) is 5.49. The van der Waals surface area contributed by atoms with E-state index in [9.17, 15) is 9.59 Å². The molecule has 1 saturated heterocycles. The fourth-order valence-corrected chi connectivity index (χ4v) is 3.94. The molecule has 2 aromatic carbocycles. The lowest BCUT2D eigenvalue weighted by Gasteiger charge is -2.01. The number of hydrogen-bond donors (Lipinski definition) is 2. The molecular weight excluding hydrogens is 424 g/mol. The van der Waals surface area contributed by atoms with Crippen molar-refractivity contribution in [3.8, 4) is 11.3 Å². The number of aryl methyl sites for hydroxylation is 1. The van der Waals surface area contributed by atoms with Crippen molar-refractivity contribution >= 4 is 52.2 Å². The largest absolute Gasteiger partial charge is 0.478 e. The van der Waals surface area contributed by atoms with E-state index in [1.165, 1.54) is 23.9 Å². The van der Waals surface area contributed by atoms with Gasteiger partial charge in [0, 0.05) is 11.6 Å². The third-order valence-electron chi connectivity index (χ3n) is 4.27. The van der Waals surface area contributed by atoms with Gasteiger partial charge in [-0.15, -0.1) is 0 Å². The Morgan fingerprint density at radius 2 is 2.03 bits per heavy atom. The maximum absolute atomic E-state index is 12.3. The van der Waals surface area contributed by atoms with Crippen LogP contribution in [0, 0.1) is 6.92 Å². The highest BCUT2D eigenvalue weighted by Crippen LogP contribution is 2.31. The van der Waals surface area contributed by atoms with Gasteiger partial charge in [-0.05, 0) is 60.6 Å². The molecule has 1 aliphatic heterocycles. The van der Waals surface area contributed by atoms with Gasteiger partial charge in [0.25, 0.3) is 5.91 Å². The Kier molecular flexibility index (Phi) is 5.48. The summed E-state index contributed by atoms with van der Waals surface area (Å²) in [5.74, 6) is -0.349. The molecule has 2 N–H and O–H groups in total. The van der Waals surface area contributed by atoms with Crippen molar-refractivity contribution in [1.82, 2.24) is 5.32 Å². The molecule has 1 aromatic heterocycles. The number of aromatic carboxylic acids is 1. The van der Waals surface area contributed by atoms with Crippen LogP contribution in [0.2, 0.25) is 5.02 Å². The van der Waals surface area contributed by atoms with Crippen LogP contribution in [-0.4, -0.2) is 22.2 Å². The van der Waals surface area contributed by atoms with E-state index in [1.807, 2.05) is 31.2 Å². The zero-order valence-electron chi connectivity index (χ0n) is 15.7. The van der Waals surface area contributed by atoms with Gasteiger partial charge in [-0.2, -0.15) is 0 Å². The topological polar surface area (TPSA) is 91.9 Å². The number of rotatable bonds is 4. The van der Waals surface area contributed by atoms with Crippen molar-refractivity contribution in [3.63, 3.8) is 0 Å². The molecule has 30 heavy (non-hydrogen) atoms. The van der Waals surface area contributed by atoms with Gasteiger partial charge in [0.15, 0.2) is 5.17 Å². The number of nitrogens with one attached hydrogen (secondary N) is 1. The number of benzene rings is 2. The summed E-state index contributed by atoms with van der Waals surface area (Å²) >= 11 is 7.26. The summed E-state index contributed by atoms with van der Waals surface area (Å²) in [6, 6.07) is 15.7. The Labute approximate surface area is 181 Å². The van der Waals surface area contributed by atoms with Crippen molar-refractivity contribution in [2.75, 3.05) is 0 Å². The van der Waals surface area contributed by atoms with E-state index in [4.69, 9.17) is 21.1 Å². The first-order chi connectivity index (χ1) is 14.4. The van der Waals surface area contributed by atoms with Crippen molar-refractivity contribution in [2.45, 2.75) is 6.92 Å². The fourth-order valence-electron chi connectivity index (χ4n) is 2.85. The number of hydrogen-bond acceptors (Lipinski definition) is 5. The molecule has 1 fully saturated rings. The quantitative estimate of drug-likeness (QED) is 0.525. The minimum absolute atomic E-state index is 0.0220. The second-order valence-corrected chi connectivity index (χ2v) is 7.96. The van der Waals surface area contributed by atoms with Crippen LogP contribution in [0.4, 0.5) is 5.69 Å². The van der Waals surface area contributed by atoms with E-state index in [1.54, 1.807) is 24.3 Å². The Morgan fingerprint density at radius 3 is 2.77 bits per heavy atom. The van der Waals surface area contributed by atoms with Crippen LogP contribution in [0.5, 0.6) is 0 Å². The van der Waals surface area contributed by atoms with Gasteiger partial charge < -0.3 is 14.8 Å². The smallest absolute Gasteiger partial charge is 0.337 e. The summed E-state index contributed by atoms with van der Waals surface area (Å²) in [5, 5.41) is 12.4. The number of carbonyl (C=O) groups is 2. The summed E-state index contributed by atoms with van der Waals surface area (Å²) in [6.07, 6.45) is 1.63. The van der Waals surface area contributed by atoms with E-state index >= 15 is 0 Å². The molecule has 0 spiro atoms. The van der Waals surface area contributed by atoms with Gasteiger partial charge in [-0.25, -0.2) is 9.79 Å². The first-order valence-electron chi connectivity index (χ1n) is 8.88. The average molecular weight is 439 g/mol. The number of amidine groups is 1. The number of thioether (sulfide) groups is 1. The van der Waals surface area contributed by atoms with E-state index in [0.29, 0.717) is 27.2 Å². The van der Waals surface area contributed by atoms with E-state index in [2.05, 4.69) is 10.3 Å². The minimum Gasteiger partial charge on any atom is -0.478 e. The Hall–Kier alpha value is -3.29. The second kappa shape index (κ2) is 8.22. The molecule has 8 heteroatoms. The van der Waals surface area contributed by atoms with Crippen LogP contribution in [0.1, 0.15) is 21.7 Å². The van der Waals surface area contributed by atoms with Crippen LogP contribution in [0.15, 0.2) is 68.9 Å². The number of aliphatic imine (C=N–C) groups is 1. The molecule has 1 amide bonds. The summed E-state index contributed by atoms with van der Waals surface area (Å²) < 4.78 is 5.79. The molecular formula is C22H15ClN2O4S. The highest BCUT2D eigenvalue weighted by atomic mass is 35.5. The maximum atomic E-state index is 12.3. The summed E-state index contributed by atoms with van der Waals surface area (Å²) in [5.41, 5.74) is 2.51.